The number of rotatable bonds is 6. The maximum absolute atomic E-state index is 4.03. The highest BCUT2D eigenvalue weighted by Crippen LogP contribution is 2.65. The monoisotopic (exact) mass is 251 g/mol. The minimum absolute atomic E-state index is 0.539. The van der Waals surface area contributed by atoms with Gasteiger partial charge in [0.25, 0.3) is 0 Å². The van der Waals surface area contributed by atoms with Crippen LogP contribution in [0.3, 0.4) is 0 Å². The smallest absolute Gasteiger partial charge is 0.0131 e. The predicted octanol–water partition coefficient (Wildman–Crippen LogP) is 4.76. The summed E-state index contributed by atoms with van der Waals surface area (Å²) in [5.41, 5.74) is 1.09. The van der Waals surface area contributed by atoms with Crippen LogP contribution in [0, 0.1) is 16.7 Å². The molecular formula is C17H33N. The third-order valence-corrected chi connectivity index (χ3v) is 6.63. The largest absolute Gasteiger partial charge is 0.311 e. The summed E-state index contributed by atoms with van der Waals surface area (Å²) in [5, 5.41) is 4.03. The van der Waals surface area contributed by atoms with Gasteiger partial charge in [0.2, 0.25) is 0 Å². The molecule has 0 aliphatic heterocycles. The van der Waals surface area contributed by atoms with Crippen LogP contribution < -0.4 is 5.32 Å². The van der Waals surface area contributed by atoms with Gasteiger partial charge in [-0.05, 0) is 48.9 Å². The molecule has 1 heteroatoms. The molecular weight excluding hydrogens is 218 g/mol. The fourth-order valence-electron chi connectivity index (χ4n) is 4.60. The zero-order valence-corrected chi connectivity index (χ0v) is 13.2. The van der Waals surface area contributed by atoms with Gasteiger partial charge in [-0.2, -0.15) is 0 Å². The molecule has 2 saturated carbocycles. The number of fused-ring (bicyclic) bond motifs is 2. The molecule has 1 nitrogen and oxygen atoms in total. The molecule has 2 aliphatic rings. The van der Waals surface area contributed by atoms with Gasteiger partial charge in [-0.3, -0.25) is 0 Å². The van der Waals surface area contributed by atoms with Crippen molar-refractivity contribution >= 4 is 0 Å². The second-order valence-corrected chi connectivity index (χ2v) is 7.58. The molecule has 4 unspecified atom stereocenters. The van der Waals surface area contributed by atoms with Crippen LogP contribution in [0.25, 0.3) is 0 Å². The molecule has 18 heavy (non-hydrogen) atoms. The molecule has 0 spiro atoms. The van der Waals surface area contributed by atoms with Crippen molar-refractivity contribution < 1.29 is 0 Å². The summed E-state index contributed by atoms with van der Waals surface area (Å²) < 4.78 is 0. The van der Waals surface area contributed by atoms with Crippen molar-refractivity contribution in [2.24, 2.45) is 16.7 Å². The molecule has 106 valence electrons. The molecule has 0 radical (unpaired) electrons. The summed E-state index contributed by atoms with van der Waals surface area (Å²) >= 11 is 0. The van der Waals surface area contributed by atoms with E-state index in [-0.39, 0.29) is 0 Å². The van der Waals surface area contributed by atoms with Crippen LogP contribution in [-0.2, 0) is 0 Å². The van der Waals surface area contributed by atoms with Gasteiger partial charge in [-0.25, -0.2) is 0 Å². The van der Waals surface area contributed by atoms with Gasteiger partial charge in [0.1, 0.15) is 0 Å². The Morgan fingerprint density at radius 3 is 2.39 bits per heavy atom. The molecule has 0 saturated heterocycles. The van der Waals surface area contributed by atoms with E-state index in [1.807, 2.05) is 0 Å². The summed E-state index contributed by atoms with van der Waals surface area (Å²) in [6, 6.07) is 1.52. The fourth-order valence-corrected chi connectivity index (χ4v) is 4.60. The van der Waals surface area contributed by atoms with E-state index in [4.69, 9.17) is 0 Å². The molecule has 2 bridgehead atoms. The van der Waals surface area contributed by atoms with E-state index in [0.717, 1.165) is 18.0 Å². The molecule has 2 aliphatic carbocycles. The van der Waals surface area contributed by atoms with Crippen molar-refractivity contribution in [2.75, 3.05) is 0 Å². The van der Waals surface area contributed by atoms with Gasteiger partial charge >= 0.3 is 0 Å². The van der Waals surface area contributed by atoms with Crippen molar-refractivity contribution in [3.8, 4) is 0 Å². The van der Waals surface area contributed by atoms with Crippen LogP contribution in [-0.4, -0.2) is 12.1 Å². The zero-order valence-electron chi connectivity index (χ0n) is 13.2. The van der Waals surface area contributed by atoms with E-state index < -0.39 is 0 Å². The summed E-state index contributed by atoms with van der Waals surface area (Å²) in [7, 11) is 0. The zero-order chi connectivity index (χ0) is 13.4. The quantitative estimate of drug-likeness (QED) is 0.717. The third kappa shape index (κ3) is 2.13. The van der Waals surface area contributed by atoms with E-state index >= 15 is 0 Å². The van der Waals surface area contributed by atoms with Crippen LogP contribution in [0.2, 0.25) is 0 Å². The van der Waals surface area contributed by atoms with Crippen molar-refractivity contribution in [2.45, 2.75) is 91.6 Å². The Kier molecular flexibility index (Phi) is 4.11. The Hall–Kier alpha value is -0.0400. The Morgan fingerprint density at radius 2 is 1.94 bits per heavy atom. The highest BCUT2D eigenvalue weighted by atomic mass is 15.0. The predicted molar refractivity (Wildman–Crippen MR) is 79.8 cm³/mol. The number of unbranched alkanes of at least 4 members (excludes halogenated alkanes) is 1. The molecule has 0 aromatic carbocycles. The summed E-state index contributed by atoms with van der Waals surface area (Å²) in [6.07, 6.45) is 9.68. The van der Waals surface area contributed by atoms with Crippen LogP contribution >= 0.6 is 0 Å². The summed E-state index contributed by atoms with van der Waals surface area (Å²) in [6.45, 7) is 12.2. The van der Waals surface area contributed by atoms with E-state index in [1.165, 1.54) is 44.9 Å². The maximum Gasteiger partial charge on any atom is 0.0131 e. The lowest BCUT2D eigenvalue weighted by atomic mass is 9.69. The van der Waals surface area contributed by atoms with E-state index in [2.05, 4.69) is 39.9 Å². The second kappa shape index (κ2) is 5.15. The summed E-state index contributed by atoms with van der Waals surface area (Å²) in [4.78, 5) is 0. The molecule has 0 aromatic rings. The van der Waals surface area contributed by atoms with Crippen molar-refractivity contribution in [3.05, 3.63) is 0 Å². The van der Waals surface area contributed by atoms with Crippen LogP contribution in [0.15, 0.2) is 0 Å². The maximum atomic E-state index is 4.03. The Labute approximate surface area is 114 Å². The SMILES string of the molecule is CCCCC(CC)NC1CC2CCC1(C)C2(C)C. The van der Waals surface area contributed by atoms with Crippen LogP contribution in [0.1, 0.15) is 79.6 Å². The standard InChI is InChI=1S/C17H33N/c1-6-8-9-14(7-2)18-15-12-13-10-11-17(15,5)16(13,3)4/h13-15,18H,6-12H2,1-5H3. The third-order valence-electron chi connectivity index (χ3n) is 6.63. The highest BCUT2D eigenvalue weighted by Gasteiger charge is 2.61. The highest BCUT2D eigenvalue weighted by molar-refractivity contribution is 5.13. The molecule has 0 amide bonds. The number of hydrogen-bond donors (Lipinski definition) is 1. The molecule has 2 fully saturated rings. The first kappa shape index (κ1) is 14.4. The van der Waals surface area contributed by atoms with Gasteiger partial charge in [0.05, 0.1) is 0 Å². The van der Waals surface area contributed by atoms with Gasteiger partial charge in [0, 0.05) is 12.1 Å². The Bertz CT molecular complexity index is 283. The molecule has 0 aromatic heterocycles. The van der Waals surface area contributed by atoms with Crippen LogP contribution in [0.4, 0.5) is 0 Å². The molecule has 4 atom stereocenters. The van der Waals surface area contributed by atoms with E-state index in [1.54, 1.807) is 0 Å². The Balaban J connectivity index is 1.99. The number of nitrogens with one attached hydrogen (secondary N) is 1. The Morgan fingerprint density at radius 1 is 1.22 bits per heavy atom. The number of hydrogen-bond acceptors (Lipinski definition) is 1. The molecule has 1 N–H and O–H groups in total. The van der Waals surface area contributed by atoms with E-state index in [0.29, 0.717) is 10.8 Å². The lowest BCUT2D eigenvalue weighted by molar-refractivity contribution is 0.113. The summed E-state index contributed by atoms with van der Waals surface area (Å²) in [5.74, 6) is 0.962. The first-order chi connectivity index (χ1) is 8.45. The van der Waals surface area contributed by atoms with Gasteiger partial charge in [-0.15, -0.1) is 0 Å². The van der Waals surface area contributed by atoms with Crippen molar-refractivity contribution in [1.82, 2.24) is 5.32 Å². The minimum Gasteiger partial charge on any atom is -0.311 e. The lowest BCUT2D eigenvalue weighted by Gasteiger charge is -2.41. The minimum atomic E-state index is 0.539. The van der Waals surface area contributed by atoms with Gasteiger partial charge in [-0.1, -0.05) is 47.5 Å². The average molecular weight is 251 g/mol. The normalized spacial score (nSPS) is 39.2. The first-order valence-corrected chi connectivity index (χ1v) is 8.21. The lowest BCUT2D eigenvalue weighted by Crippen LogP contribution is -2.48. The van der Waals surface area contributed by atoms with Gasteiger partial charge < -0.3 is 5.32 Å². The van der Waals surface area contributed by atoms with Gasteiger partial charge in [0.15, 0.2) is 0 Å². The second-order valence-electron chi connectivity index (χ2n) is 7.58. The fraction of sp³-hybridized carbons (Fsp3) is 1.00. The first-order valence-electron chi connectivity index (χ1n) is 8.21. The van der Waals surface area contributed by atoms with Crippen LogP contribution in [0.5, 0.6) is 0 Å². The average Bonchev–Trinajstić information content (AvgIpc) is 2.67. The molecule has 2 rings (SSSR count). The van der Waals surface area contributed by atoms with E-state index in [9.17, 15) is 0 Å². The molecule has 0 heterocycles. The van der Waals surface area contributed by atoms with Crippen molar-refractivity contribution in [1.29, 1.82) is 0 Å². The topological polar surface area (TPSA) is 12.0 Å². The van der Waals surface area contributed by atoms with Crippen molar-refractivity contribution in [3.63, 3.8) is 0 Å².